The first-order valence-corrected chi connectivity index (χ1v) is 12.4. The number of carbonyl (C=O) groups is 2. The van der Waals surface area contributed by atoms with E-state index >= 15 is 0 Å². The van der Waals surface area contributed by atoms with Crippen molar-refractivity contribution in [1.29, 1.82) is 0 Å². The van der Waals surface area contributed by atoms with Crippen LogP contribution in [0.4, 0.5) is 5.69 Å². The van der Waals surface area contributed by atoms with Gasteiger partial charge in [-0.2, -0.15) is 0 Å². The predicted molar refractivity (Wildman–Crippen MR) is 135 cm³/mol. The Morgan fingerprint density at radius 2 is 1.94 bits per heavy atom. The van der Waals surface area contributed by atoms with Gasteiger partial charge in [0.25, 0.3) is 0 Å². The van der Waals surface area contributed by atoms with Crippen LogP contribution >= 0.6 is 11.6 Å². The van der Waals surface area contributed by atoms with Gasteiger partial charge in [0.1, 0.15) is 0 Å². The van der Waals surface area contributed by atoms with Crippen LogP contribution in [0.5, 0.6) is 0 Å². The first-order valence-electron chi connectivity index (χ1n) is 12.0. The van der Waals surface area contributed by atoms with Gasteiger partial charge in [-0.15, -0.1) is 5.69 Å². The number of likely N-dealkylation sites (N-methyl/N-ethyl adjacent to an activating group) is 1. The Hall–Kier alpha value is -2.21. The van der Waals surface area contributed by atoms with Crippen LogP contribution < -0.4 is 0 Å². The van der Waals surface area contributed by atoms with Gasteiger partial charge >= 0.3 is 5.97 Å². The molecule has 0 aromatic heterocycles. The van der Waals surface area contributed by atoms with Gasteiger partial charge in [-0.3, -0.25) is 14.7 Å². The van der Waals surface area contributed by atoms with Gasteiger partial charge in [0, 0.05) is 27.1 Å². The van der Waals surface area contributed by atoms with Crippen molar-refractivity contribution in [3.05, 3.63) is 70.0 Å². The molecule has 190 valence electrons. The van der Waals surface area contributed by atoms with E-state index in [1.807, 2.05) is 37.3 Å². The Bertz CT molecular complexity index is 1090. The molecule has 2 fully saturated rings. The number of aliphatic carboxylic acids is 1. The number of hydrogen-bond donors (Lipinski definition) is 1. The molecule has 1 amide bonds. The van der Waals surface area contributed by atoms with Crippen molar-refractivity contribution in [1.82, 2.24) is 4.90 Å². The molecule has 2 atom stereocenters. The average molecular weight is 540 g/mol. The predicted octanol–water partition coefficient (Wildman–Crippen LogP) is 5.83. The summed E-state index contributed by atoms with van der Waals surface area (Å²) in [5, 5.41) is 14.6. The van der Waals surface area contributed by atoms with Crippen LogP contribution in [-0.2, 0) is 26.1 Å². The van der Waals surface area contributed by atoms with Crippen molar-refractivity contribution in [3.8, 4) is 0 Å². The molecule has 6 nitrogen and oxygen atoms in total. The summed E-state index contributed by atoms with van der Waals surface area (Å²) in [6.07, 6.45) is 3.65. The maximum atomic E-state index is 13.4. The van der Waals surface area contributed by atoms with E-state index in [0.29, 0.717) is 22.0 Å². The van der Waals surface area contributed by atoms with Crippen LogP contribution in [0.3, 0.4) is 0 Å². The zero-order valence-electron chi connectivity index (χ0n) is 20.0. The molecule has 1 saturated heterocycles. The summed E-state index contributed by atoms with van der Waals surface area (Å²) in [7, 11) is 0. The summed E-state index contributed by atoms with van der Waals surface area (Å²) in [4.78, 5) is 32.1. The van der Waals surface area contributed by atoms with E-state index in [9.17, 15) is 14.7 Å². The molecule has 2 aromatic rings. The minimum absolute atomic E-state index is 0. The van der Waals surface area contributed by atoms with Crippen LogP contribution in [0.25, 0.3) is 5.32 Å². The molecule has 1 aliphatic carbocycles. The van der Waals surface area contributed by atoms with E-state index in [1.54, 1.807) is 18.2 Å². The summed E-state index contributed by atoms with van der Waals surface area (Å²) in [5.74, 6) is -0.785. The van der Waals surface area contributed by atoms with Crippen LogP contribution in [0.15, 0.2) is 53.5 Å². The Labute approximate surface area is 222 Å². The molecule has 2 aliphatic rings. The standard InChI is InChI=1S/C27H32ClN3O3.Ni/c1-3-31-15-7-14-27(31,2)26(34)30-22-13-12-20(28)16-21(22)25(19-8-5-4-6-9-19)29-23(17-24(32)33)18-10-11-18;/h4-6,8-9,12-13,16,18,23H,3,7,10-11,14-15,17H2,1-2H3,(H2,29,30,32,33,34);/p-1/t23-,27+;/m0./s1. The Morgan fingerprint density at radius 1 is 1.23 bits per heavy atom. The summed E-state index contributed by atoms with van der Waals surface area (Å²) in [5.41, 5.74) is 1.98. The first-order chi connectivity index (χ1) is 16.3. The Balaban J connectivity index is 0.00000342. The van der Waals surface area contributed by atoms with Crippen molar-refractivity contribution < 1.29 is 31.2 Å². The van der Waals surface area contributed by atoms with Gasteiger partial charge in [0.2, 0.25) is 0 Å². The molecule has 0 radical (unpaired) electrons. The summed E-state index contributed by atoms with van der Waals surface area (Å²) >= 11 is 6.40. The number of carboxylic acids is 1. The van der Waals surface area contributed by atoms with Gasteiger partial charge in [0.15, 0.2) is 0 Å². The van der Waals surface area contributed by atoms with Gasteiger partial charge in [-0.1, -0.05) is 54.9 Å². The van der Waals surface area contributed by atoms with E-state index in [0.717, 1.165) is 44.3 Å². The minimum atomic E-state index is -0.868. The van der Waals surface area contributed by atoms with Gasteiger partial charge in [-0.25, -0.2) is 0 Å². The second kappa shape index (κ2) is 11.7. The summed E-state index contributed by atoms with van der Waals surface area (Å²) < 4.78 is 0. The minimum Gasteiger partial charge on any atom is -0.625 e. The average Bonchev–Trinajstić information content (AvgIpc) is 3.59. The molecule has 1 heterocycles. The molecule has 4 rings (SSSR count). The third kappa shape index (κ3) is 6.33. The molecule has 1 saturated carbocycles. The van der Waals surface area contributed by atoms with Crippen molar-refractivity contribution in [2.24, 2.45) is 10.9 Å². The number of nitrogens with zero attached hydrogens (tertiary/aromatic N) is 3. The summed E-state index contributed by atoms with van der Waals surface area (Å²) in [6, 6.07) is 14.6. The second-order valence-corrected chi connectivity index (χ2v) is 9.82. The largest absolute Gasteiger partial charge is 0.625 e. The van der Waals surface area contributed by atoms with Crippen molar-refractivity contribution >= 4 is 34.9 Å². The first kappa shape index (κ1) is 27.4. The molecular weight excluding hydrogens is 508 g/mol. The number of likely N-dealkylation sites (tertiary alicyclic amines) is 1. The van der Waals surface area contributed by atoms with E-state index in [4.69, 9.17) is 16.6 Å². The fourth-order valence-electron chi connectivity index (χ4n) is 4.83. The number of aliphatic imine (C=N–C) groups is 1. The third-order valence-corrected chi connectivity index (χ3v) is 7.19. The van der Waals surface area contributed by atoms with E-state index < -0.39 is 11.5 Å². The number of rotatable bonds is 9. The fourth-order valence-corrected chi connectivity index (χ4v) is 5.00. The molecule has 35 heavy (non-hydrogen) atoms. The van der Waals surface area contributed by atoms with Crippen LogP contribution in [0.1, 0.15) is 57.1 Å². The van der Waals surface area contributed by atoms with Crippen LogP contribution in [-0.4, -0.2) is 52.3 Å². The van der Waals surface area contributed by atoms with Crippen molar-refractivity contribution in [2.75, 3.05) is 13.1 Å². The zero-order valence-corrected chi connectivity index (χ0v) is 21.8. The number of carbonyl (C=O) groups excluding carboxylic acids is 1. The quantitative estimate of drug-likeness (QED) is 0.321. The smallest absolute Gasteiger partial charge is 0.305 e. The molecule has 1 N–H and O–H groups in total. The maximum absolute atomic E-state index is 13.4. The molecule has 0 unspecified atom stereocenters. The number of carboxylic acid groups (broad SMARTS) is 1. The third-order valence-electron chi connectivity index (χ3n) is 6.96. The number of hydrogen-bond acceptors (Lipinski definition) is 4. The Kier molecular flexibility index (Phi) is 9.14. The van der Waals surface area contributed by atoms with Crippen molar-refractivity contribution in [3.63, 3.8) is 0 Å². The molecule has 1 aliphatic heterocycles. The molecule has 0 bridgehead atoms. The topological polar surface area (TPSA) is 84.1 Å². The maximum Gasteiger partial charge on any atom is 0.305 e. The molecule has 2 aromatic carbocycles. The molecule has 0 spiro atoms. The number of halogens is 1. The Morgan fingerprint density at radius 3 is 2.57 bits per heavy atom. The van der Waals surface area contributed by atoms with E-state index in [-0.39, 0.29) is 40.8 Å². The normalized spacial score (nSPS) is 21.3. The SMILES string of the molecule is CCN1CCC[C@]1(C)C(=O)[N-]c1ccc(Cl)cc1C(=N[C@@H](CC(=O)O)C1CC1)c1ccccc1.[Ni]. The van der Waals surface area contributed by atoms with E-state index in [1.165, 1.54) is 0 Å². The van der Waals surface area contributed by atoms with Gasteiger partial charge in [0.05, 0.1) is 29.6 Å². The zero-order chi connectivity index (χ0) is 24.3. The number of benzene rings is 2. The van der Waals surface area contributed by atoms with Crippen LogP contribution in [0.2, 0.25) is 5.02 Å². The fraction of sp³-hybridized carbons (Fsp3) is 0.444. The van der Waals surface area contributed by atoms with E-state index in [2.05, 4.69) is 17.1 Å². The molecule has 8 heteroatoms. The monoisotopic (exact) mass is 538 g/mol. The second-order valence-electron chi connectivity index (χ2n) is 9.38. The van der Waals surface area contributed by atoms with Gasteiger partial charge < -0.3 is 15.2 Å². The molecular formula is C27H31ClN3NiO3-. The number of amides is 1. The van der Waals surface area contributed by atoms with Gasteiger partial charge in [-0.05, 0) is 69.3 Å². The van der Waals surface area contributed by atoms with Crippen molar-refractivity contribution in [2.45, 2.75) is 57.5 Å². The summed E-state index contributed by atoms with van der Waals surface area (Å²) in [6.45, 7) is 5.70. The van der Waals surface area contributed by atoms with Crippen LogP contribution in [0, 0.1) is 5.92 Å².